The number of amides is 1. The SMILES string of the molecule is Cc1ccc(F)c(C(=O)O[C@@H](C)C(=O)N(C)c2ccccc2)c1N. The van der Waals surface area contributed by atoms with Gasteiger partial charge in [-0.15, -0.1) is 0 Å². The Morgan fingerprint density at radius 1 is 1.17 bits per heavy atom. The summed E-state index contributed by atoms with van der Waals surface area (Å²) in [5.74, 6) is -2.17. The minimum Gasteiger partial charge on any atom is -0.449 e. The number of nitrogens with zero attached hydrogens (tertiary/aromatic N) is 1. The Balaban J connectivity index is 2.15. The van der Waals surface area contributed by atoms with Crippen molar-refractivity contribution >= 4 is 23.3 Å². The highest BCUT2D eigenvalue weighted by molar-refractivity contribution is 6.00. The van der Waals surface area contributed by atoms with Gasteiger partial charge in [-0.1, -0.05) is 24.3 Å². The number of likely N-dealkylation sites (N-methyl/N-ethyl adjacent to an activating group) is 1. The number of nitrogens with two attached hydrogens (primary N) is 1. The van der Waals surface area contributed by atoms with Crippen LogP contribution in [0.4, 0.5) is 15.8 Å². The van der Waals surface area contributed by atoms with E-state index in [1.165, 1.54) is 17.9 Å². The summed E-state index contributed by atoms with van der Waals surface area (Å²) in [5.41, 5.74) is 6.63. The molecule has 1 amide bonds. The van der Waals surface area contributed by atoms with Crippen molar-refractivity contribution in [3.8, 4) is 0 Å². The van der Waals surface area contributed by atoms with Gasteiger partial charge in [-0.3, -0.25) is 4.79 Å². The summed E-state index contributed by atoms with van der Waals surface area (Å²) < 4.78 is 19.0. The van der Waals surface area contributed by atoms with Crippen molar-refractivity contribution in [2.75, 3.05) is 17.7 Å². The average Bonchev–Trinajstić information content (AvgIpc) is 2.58. The molecule has 0 saturated carbocycles. The maximum Gasteiger partial charge on any atom is 0.344 e. The van der Waals surface area contributed by atoms with Gasteiger partial charge in [-0.2, -0.15) is 0 Å². The number of hydrogen-bond donors (Lipinski definition) is 1. The molecule has 0 heterocycles. The number of para-hydroxylation sites is 1. The second kappa shape index (κ2) is 7.12. The smallest absolute Gasteiger partial charge is 0.344 e. The summed E-state index contributed by atoms with van der Waals surface area (Å²) in [6, 6.07) is 11.5. The molecule has 2 rings (SSSR count). The largest absolute Gasteiger partial charge is 0.449 e. The lowest BCUT2D eigenvalue weighted by atomic mass is 10.1. The first kappa shape index (κ1) is 17.5. The van der Waals surface area contributed by atoms with Crippen molar-refractivity contribution in [3.05, 3.63) is 59.4 Å². The number of anilines is 2. The van der Waals surface area contributed by atoms with Crippen molar-refractivity contribution < 1.29 is 18.7 Å². The fraction of sp³-hybridized carbons (Fsp3) is 0.222. The lowest BCUT2D eigenvalue weighted by Crippen LogP contribution is -2.37. The van der Waals surface area contributed by atoms with Crippen LogP contribution in [-0.2, 0) is 9.53 Å². The maximum absolute atomic E-state index is 13.9. The van der Waals surface area contributed by atoms with Crippen molar-refractivity contribution in [2.45, 2.75) is 20.0 Å². The van der Waals surface area contributed by atoms with Gasteiger partial charge >= 0.3 is 5.97 Å². The third kappa shape index (κ3) is 3.53. The molecule has 2 N–H and O–H groups in total. The Morgan fingerprint density at radius 3 is 2.42 bits per heavy atom. The van der Waals surface area contributed by atoms with Crippen molar-refractivity contribution in [2.24, 2.45) is 0 Å². The number of carbonyl (C=O) groups excluding carboxylic acids is 2. The third-order valence-electron chi connectivity index (χ3n) is 3.72. The fourth-order valence-electron chi connectivity index (χ4n) is 2.23. The number of nitrogen functional groups attached to an aromatic ring is 1. The van der Waals surface area contributed by atoms with E-state index in [1.807, 2.05) is 6.07 Å². The fourth-order valence-corrected chi connectivity index (χ4v) is 2.23. The molecule has 2 aromatic rings. The van der Waals surface area contributed by atoms with Gasteiger partial charge in [0.05, 0.1) is 5.69 Å². The molecule has 0 aliphatic heterocycles. The second-order valence-corrected chi connectivity index (χ2v) is 5.43. The number of benzene rings is 2. The molecular formula is C18H19FN2O3. The van der Waals surface area contributed by atoms with Gasteiger partial charge in [0.2, 0.25) is 0 Å². The molecular weight excluding hydrogens is 311 g/mol. The number of ether oxygens (including phenoxy) is 1. The summed E-state index contributed by atoms with van der Waals surface area (Å²) in [5, 5.41) is 0. The zero-order valence-corrected chi connectivity index (χ0v) is 13.7. The predicted molar refractivity (Wildman–Crippen MR) is 90.3 cm³/mol. The van der Waals surface area contributed by atoms with Gasteiger partial charge in [0.15, 0.2) is 6.10 Å². The molecule has 0 spiro atoms. The Kier molecular flexibility index (Phi) is 5.18. The molecule has 0 saturated heterocycles. The Bertz CT molecular complexity index is 762. The van der Waals surface area contributed by atoms with Crippen LogP contribution in [0.15, 0.2) is 42.5 Å². The van der Waals surface area contributed by atoms with E-state index in [4.69, 9.17) is 10.5 Å². The summed E-state index contributed by atoms with van der Waals surface area (Å²) in [4.78, 5) is 25.9. The second-order valence-electron chi connectivity index (χ2n) is 5.43. The van der Waals surface area contributed by atoms with Gasteiger partial charge in [0, 0.05) is 12.7 Å². The molecule has 0 bridgehead atoms. The Morgan fingerprint density at radius 2 is 1.79 bits per heavy atom. The van der Waals surface area contributed by atoms with E-state index in [0.29, 0.717) is 11.3 Å². The van der Waals surface area contributed by atoms with Crippen LogP contribution in [0.2, 0.25) is 0 Å². The number of carbonyl (C=O) groups is 2. The quantitative estimate of drug-likeness (QED) is 0.691. The molecule has 0 aliphatic rings. The van der Waals surface area contributed by atoms with Gasteiger partial charge < -0.3 is 15.4 Å². The van der Waals surface area contributed by atoms with E-state index in [1.54, 1.807) is 38.2 Å². The van der Waals surface area contributed by atoms with E-state index in [-0.39, 0.29) is 11.3 Å². The van der Waals surface area contributed by atoms with Crippen LogP contribution < -0.4 is 10.6 Å². The van der Waals surface area contributed by atoms with E-state index in [2.05, 4.69) is 0 Å². The van der Waals surface area contributed by atoms with Crippen LogP contribution in [0.3, 0.4) is 0 Å². The highest BCUT2D eigenvalue weighted by Gasteiger charge is 2.26. The van der Waals surface area contributed by atoms with E-state index < -0.39 is 23.8 Å². The van der Waals surface area contributed by atoms with Gasteiger partial charge in [-0.25, -0.2) is 9.18 Å². The van der Waals surface area contributed by atoms with Crippen LogP contribution in [0, 0.1) is 12.7 Å². The maximum atomic E-state index is 13.9. The first-order chi connectivity index (χ1) is 11.3. The first-order valence-corrected chi connectivity index (χ1v) is 7.41. The summed E-state index contributed by atoms with van der Waals surface area (Å²) in [6.07, 6.45) is -1.08. The van der Waals surface area contributed by atoms with Gasteiger partial charge in [0.25, 0.3) is 5.91 Å². The molecule has 126 valence electrons. The molecule has 6 heteroatoms. The Hall–Kier alpha value is -2.89. The molecule has 0 aromatic heterocycles. The highest BCUT2D eigenvalue weighted by atomic mass is 19.1. The zero-order chi connectivity index (χ0) is 17.9. The molecule has 5 nitrogen and oxygen atoms in total. The molecule has 2 aromatic carbocycles. The Labute approximate surface area is 139 Å². The normalized spacial score (nSPS) is 11.7. The number of hydrogen-bond acceptors (Lipinski definition) is 4. The number of esters is 1. The number of aryl methyl sites for hydroxylation is 1. The van der Waals surface area contributed by atoms with Crippen LogP contribution in [0.5, 0.6) is 0 Å². The minimum absolute atomic E-state index is 0.0102. The van der Waals surface area contributed by atoms with Crippen molar-refractivity contribution in [3.63, 3.8) is 0 Å². The van der Waals surface area contributed by atoms with Crippen LogP contribution in [0.1, 0.15) is 22.8 Å². The summed E-state index contributed by atoms with van der Waals surface area (Å²) >= 11 is 0. The van der Waals surface area contributed by atoms with Gasteiger partial charge in [-0.05, 0) is 37.6 Å². The number of rotatable bonds is 4. The van der Waals surface area contributed by atoms with Crippen LogP contribution in [0.25, 0.3) is 0 Å². The van der Waals surface area contributed by atoms with E-state index in [0.717, 1.165) is 6.07 Å². The topological polar surface area (TPSA) is 72.6 Å². The lowest BCUT2D eigenvalue weighted by molar-refractivity contribution is -0.126. The van der Waals surface area contributed by atoms with Crippen molar-refractivity contribution in [1.82, 2.24) is 0 Å². The summed E-state index contributed by atoms with van der Waals surface area (Å²) in [6.45, 7) is 3.09. The molecule has 0 aliphatic carbocycles. The van der Waals surface area contributed by atoms with E-state index in [9.17, 15) is 14.0 Å². The standard InChI is InChI=1S/C18H19FN2O3/c1-11-9-10-14(19)15(16(11)20)18(23)24-12(2)17(22)21(3)13-7-5-4-6-8-13/h4-10,12H,20H2,1-3H3/t12-/m0/s1. The minimum atomic E-state index is -1.08. The van der Waals surface area contributed by atoms with Crippen LogP contribution >= 0.6 is 0 Å². The first-order valence-electron chi connectivity index (χ1n) is 7.41. The molecule has 0 fully saturated rings. The highest BCUT2D eigenvalue weighted by Crippen LogP contribution is 2.22. The molecule has 24 heavy (non-hydrogen) atoms. The lowest BCUT2D eigenvalue weighted by Gasteiger charge is -2.22. The molecule has 0 unspecified atom stereocenters. The summed E-state index contributed by atoms with van der Waals surface area (Å²) in [7, 11) is 1.57. The molecule has 1 atom stereocenters. The number of halogens is 1. The third-order valence-corrected chi connectivity index (χ3v) is 3.72. The van der Waals surface area contributed by atoms with Crippen molar-refractivity contribution in [1.29, 1.82) is 0 Å². The monoisotopic (exact) mass is 330 g/mol. The average molecular weight is 330 g/mol. The molecule has 0 radical (unpaired) electrons. The van der Waals surface area contributed by atoms with Crippen LogP contribution in [-0.4, -0.2) is 25.0 Å². The van der Waals surface area contributed by atoms with E-state index >= 15 is 0 Å². The predicted octanol–water partition coefficient (Wildman–Crippen LogP) is 2.92. The van der Waals surface area contributed by atoms with Gasteiger partial charge in [0.1, 0.15) is 11.4 Å². The zero-order valence-electron chi connectivity index (χ0n) is 13.7.